The Morgan fingerprint density at radius 3 is 2.67 bits per heavy atom. The third kappa shape index (κ3) is 3.79. The zero-order valence-corrected chi connectivity index (χ0v) is 15.4. The Hall–Kier alpha value is -2.89. The molecular weight excluding hydrogens is 343 g/mol. The standard InChI is InChI=1S/C21H23FN4O/c1-25(16-7-5-6-15(22)12-16)14-20-23-19-13-17(26-10-3-2-4-11-26)8-9-18(19)21(27)24-20/h5-9,12-13H,2-4,10-11,14H2,1H3,(H,23,24,27). The molecule has 0 radical (unpaired) electrons. The van der Waals surface area contributed by atoms with Crippen LogP contribution in [0.25, 0.3) is 10.9 Å². The van der Waals surface area contributed by atoms with E-state index < -0.39 is 0 Å². The molecule has 0 unspecified atom stereocenters. The Morgan fingerprint density at radius 2 is 1.89 bits per heavy atom. The summed E-state index contributed by atoms with van der Waals surface area (Å²) in [5, 5.41) is 11.0. The van der Waals surface area contributed by atoms with E-state index in [1.165, 1.54) is 31.4 Å². The first kappa shape index (κ1) is 17.5. The van der Waals surface area contributed by atoms with Crippen LogP contribution in [0.2, 0.25) is 0 Å². The Labute approximate surface area is 158 Å². The molecule has 0 spiro atoms. The van der Waals surface area contributed by atoms with E-state index in [1.807, 2.05) is 36.2 Å². The van der Waals surface area contributed by atoms with Gasteiger partial charge in [-0.3, -0.25) is 0 Å². The fourth-order valence-corrected chi connectivity index (χ4v) is 3.58. The first-order valence-electron chi connectivity index (χ1n) is 9.31. The molecule has 1 saturated heterocycles. The second-order valence-electron chi connectivity index (χ2n) is 7.05. The van der Waals surface area contributed by atoms with Crippen LogP contribution in [0.5, 0.6) is 5.88 Å². The number of aromatic nitrogens is 2. The van der Waals surface area contributed by atoms with Crippen molar-refractivity contribution < 1.29 is 9.50 Å². The third-order valence-electron chi connectivity index (χ3n) is 5.06. The minimum absolute atomic E-state index is 0.0205. The summed E-state index contributed by atoms with van der Waals surface area (Å²) in [5.74, 6) is 0.197. The minimum atomic E-state index is -0.284. The van der Waals surface area contributed by atoms with Crippen molar-refractivity contribution in [1.29, 1.82) is 0 Å². The van der Waals surface area contributed by atoms with Crippen molar-refractivity contribution in [1.82, 2.24) is 9.97 Å². The van der Waals surface area contributed by atoms with E-state index in [0.29, 0.717) is 17.8 Å². The van der Waals surface area contributed by atoms with Gasteiger partial charge in [0.05, 0.1) is 17.4 Å². The van der Waals surface area contributed by atoms with E-state index in [0.717, 1.165) is 30.0 Å². The summed E-state index contributed by atoms with van der Waals surface area (Å²) < 4.78 is 13.5. The lowest BCUT2D eigenvalue weighted by molar-refractivity contribution is 0.456. The van der Waals surface area contributed by atoms with Gasteiger partial charge in [0.1, 0.15) is 5.82 Å². The molecule has 1 N–H and O–H groups in total. The molecule has 27 heavy (non-hydrogen) atoms. The highest BCUT2D eigenvalue weighted by molar-refractivity contribution is 5.86. The van der Waals surface area contributed by atoms with E-state index in [9.17, 15) is 9.50 Å². The van der Waals surface area contributed by atoms with Crippen LogP contribution in [0.15, 0.2) is 42.5 Å². The molecule has 3 aromatic rings. The van der Waals surface area contributed by atoms with Crippen LogP contribution in [-0.2, 0) is 6.54 Å². The van der Waals surface area contributed by atoms with Crippen molar-refractivity contribution in [2.45, 2.75) is 25.8 Å². The topological polar surface area (TPSA) is 52.5 Å². The van der Waals surface area contributed by atoms with Crippen molar-refractivity contribution in [3.63, 3.8) is 0 Å². The molecule has 0 amide bonds. The van der Waals surface area contributed by atoms with Gasteiger partial charge in [-0.25, -0.2) is 9.37 Å². The van der Waals surface area contributed by atoms with Crippen LogP contribution in [0.1, 0.15) is 25.1 Å². The van der Waals surface area contributed by atoms with Gasteiger partial charge in [-0.2, -0.15) is 4.98 Å². The first-order valence-corrected chi connectivity index (χ1v) is 9.31. The van der Waals surface area contributed by atoms with Gasteiger partial charge in [-0.15, -0.1) is 0 Å². The lowest BCUT2D eigenvalue weighted by Crippen LogP contribution is -2.29. The lowest BCUT2D eigenvalue weighted by atomic mass is 10.1. The number of hydrogen-bond acceptors (Lipinski definition) is 5. The summed E-state index contributed by atoms with van der Waals surface area (Å²) in [7, 11) is 1.85. The van der Waals surface area contributed by atoms with Crippen molar-refractivity contribution in [2.24, 2.45) is 0 Å². The number of halogens is 1. The second-order valence-corrected chi connectivity index (χ2v) is 7.05. The number of piperidine rings is 1. The molecule has 0 bridgehead atoms. The maximum atomic E-state index is 13.5. The van der Waals surface area contributed by atoms with Crippen molar-refractivity contribution in [2.75, 3.05) is 29.9 Å². The summed E-state index contributed by atoms with van der Waals surface area (Å²) in [6.45, 7) is 2.48. The molecular formula is C21H23FN4O. The maximum absolute atomic E-state index is 13.5. The predicted octanol–water partition coefficient (Wildman–Crippen LogP) is 4.10. The average molecular weight is 366 g/mol. The van der Waals surface area contributed by atoms with Crippen LogP contribution in [0.4, 0.5) is 15.8 Å². The maximum Gasteiger partial charge on any atom is 0.222 e. The highest BCUT2D eigenvalue weighted by Crippen LogP contribution is 2.28. The molecule has 140 valence electrons. The molecule has 1 aromatic heterocycles. The number of fused-ring (bicyclic) bond motifs is 1. The van der Waals surface area contributed by atoms with Crippen molar-refractivity contribution >= 4 is 22.3 Å². The Kier molecular flexibility index (Phi) is 4.79. The summed E-state index contributed by atoms with van der Waals surface area (Å²) >= 11 is 0. The largest absolute Gasteiger partial charge is 0.493 e. The normalized spacial score (nSPS) is 14.5. The van der Waals surface area contributed by atoms with E-state index >= 15 is 0 Å². The van der Waals surface area contributed by atoms with E-state index in [4.69, 9.17) is 0 Å². The fraction of sp³-hybridized carbons (Fsp3) is 0.333. The van der Waals surface area contributed by atoms with E-state index in [2.05, 4.69) is 14.9 Å². The van der Waals surface area contributed by atoms with Crippen LogP contribution in [0, 0.1) is 5.82 Å². The number of nitrogens with zero attached hydrogens (tertiary/aromatic N) is 4. The highest BCUT2D eigenvalue weighted by Gasteiger charge is 2.14. The Morgan fingerprint density at radius 1 is 1.07 bits per heavy atom. The van der Waals surface area contributed by atoms with Gasteiger partial charge in [0, 0.05) is 31.5 Å². The number of anilines is 2. The SMILES string of the molecule is CN(Cc1nc(O)c2ccc(N3CCCCC3)cc2n1)c1cccc(F)c1. The molecule has 0 atom stereocenters. The predicted molar refractivity (Wildman–Crippen MR) is 106 cm³/mol. The molecule has 4 rings (SSSR count). The highest BCUT2D eigenvalue weighted by atomic mass is 19.1. The number of rotatable bonds is 4. The van der Waals surface area contributed by atoms with Gasteiger partial charge in [0.25, 0.3) is 0 Å². The molecule has 6 heteroatoms. The van der Waals surface area contributed by atoms with E-state index in [-0.39, 0.29) is 11.7 Å². The minimum Gasteiger partial charge on any atom is -0.493 e. The van der Waals surface area contributed by atoms with Gasteiger partial charge >= 0.3 is 0 Å². The van der Waals surface area contributed by atoms with Gasteiger partial charge in [-0.1, -0.05) is 6.07 Å². The second kappa shape index (κ2) is 7.39. The molecule has 2 heterocycles. The van der Waals surface area contributed by atoms with Crippen LogP contribution < -0.4 is 9.80 Å². The third-order valence-corrected chi connectivity index (χ3v) is 5.06. The summed E-state index contributed by atoms with van der Waals surface area (Å²) in [5.41, 5.74) is 2.60. The molecule has 0 saturated carbocycles. The van der Waals surface area contributed by atoms with Crippen LogP contribution in [0.3, 0.4) is 0 Å². The number of hydrogen-bond donors (Lipinski definition) is 1. The van der Waals surface area contributed by atoms with Gasteiger partial charge in [-0.05, 0) is 55.7 Å². The molecule has 0 aliphatic carbocycles. The molecule has 2 aromatic carbocycles. The van der Waals surface area contributed by atoms with Crippen LogP contribution >= 0.6 is 0 Å². The fourth-order valence-electron chi connectivity index (χ4n) is 3.58. The molecule has 1 aliphatic heterocycles. The molecule has 1 aliphatic rings. The number of benzene rings is 2. The number of aromatic hydroxyl groups is 1. The Bertz CT molecular complexity index is 956. The zero-order valence-electron chi connectivity index (χ0n) is 15.4. The molecule has 5 nitrogen and oxygen atoms in total. The summed E-state index contributed by atoms with van der Waals surface area (Å²) in [6, 6.07) is 12.3. The monoisotopic (exact) mass is 366 g/mol. The molecule has 1 fully saturated rings. The van der Waals surface area contributed by atoms with Crippen LogP contribution in [-0.4, -0.2) is 35.2 Å². The average Bonchev–Trinajstić information content (AvgIpc) is 2.68. The smallest absolute Gasteiger partial charge is 0.222 e. The van der Waals surface area contributed by atoms with E-state index in [1.54, 1.807) is 6.07 Å². The first-order chi connectivity index (χ1) is 13.1. The lowest BCUT2D eigenvalue weighted by Gasteiger charge is -2.29. The Balaban J connectivity index is 1.63. The quantitative estimate of drug-likeness (QED) is 0.753. The van der Waals surface area contributed by atoms with Gasteiger partial charge < -0.3 is 14.9 Å². The van der Waals surface area contributed by atoms with Gasteiger partial charge in [0.2, 0.25) is 5.88 Å². The van der Waals surface area contributed by atoms with Crippen molar-refractivity contribution in [3.8, 4) is 5.88 Å². The summed E-state index contributed by atoms with van der Waals surface area (Å²) in [4.78, 5) is 13.1. The zero-order chi connectivity index (χ0) is 18.8. The van der Waals surface area contributed by atoms with Crippen molar-refractivity contribution in [3.05, 3.63) is 54.1 Å². The summed E-state index contributed by atoms with van der Waals surface area (Å²) in [6.07, 6.45) is 3.69. The van der Waals surface area contributed by atoms with Gasteiger partial charge in [0.15, 0.2) is 5.82 Å².